The number of hydrogen-bond acceptors (Lipinski definition) is 6. The van der Waals surface area contributed by atoms with Crippen LogP contribution in [0.1, 0.15) is 72.4 Å². The fraction of sp³-hybridized carbons (Fsp3) is 0.593. The minimum atomic E-state index is -1.26. The lowest BCUT2D eigenvalue weighted by Gasteiger charge is -2.34. The number of Topliss-reactive ketones (excluding diaryl/α,β-unsaturated/α-hetero) is 1. The number of esters is 1. The number of ether oxygens (including phenoxy) is 1. The highest BCUT2D eigenvalue weighted by Crippen LogP contribution is 2.32. The maximum Gasteiger partial charge on any atom is 0.309 e. The number of aromatic nitrogens is 1. The third kappa shape index (κ3) is 7.76. The van der Waals surface area contributed by atoms with Crippen LogP contribution in [0.15, 0.2) is 41.1 Å². The predicted octanol–water partition coefficient (Wildman–Crippen LogP) is 5.07. The van der Waals surface area contributed by atoms with Crippen molar-refractivity contribution in [1.82, 2.24) is 4.98 Å². The van der Waals surface area contributed by atoms with Gasteiger partial charge in [-0.1, -0.05) is 57.0 Å². The van der Waals surface area contributed by atoms with Crippen LogP contribution in [0.3, 0.4) is 0 Å². The van der Waals surface area contributed by atoms with Crippen molar-refractivity contribution in [2.24, 2.45) is 17.3 Å². The average Bonchev–Trinajstić information content (AvgIpc) is 2.79. The van der Waals surface area contributed by atoms with Crippen LogP contribution in [0.25, 0.3) is 6.08 Å². The van der Waals surface area contributed by atoms with E-state index in [1.807, 2.05) is 26.0 Å². The lowest BCUT2D eigenvalue weighted by Crippen LogP contribution is -2.45. The van der Waals surface area contributed by atoms with Crippen LogP contribution < -0.4 is 0 Å². The SMILES string of the molecule is C/C1=C/C[C@@H](C(Cl)=Cc2ccccn2)OC(=O)C[C@H](O)C(C)(C)C(=O)[C@H](C)[C@@H](O)[C@@H](C)CCC1. The van der Waals surface area contributed by atoms with E-state index in [4.69, 9.17) is 16.3 Å². The molecule has 0 bridgehead atoms. The summed E-state index contributed by atoms with van der Waals surface area (Å²) in [6, 6.07) is 5.44. The summed E-state index contributed by atoms with van der Waals surface area (Å²) in [6.45, 7) is 8.83. The predicted molar refractivity (Wildman–Crippen MR) is 134 cm³/mol. The van der Waals surface area contributed by atoms with Gasteiger partial charge in [-0.15, -0.1) is 0 Å². The molecule has 2 heterocycles. The monoisotopic (exact) mass is 491 g/mol. The van der Waals surface area contributed by atoms with Gasteiger partial charge >= 0.3 is 5.97 Å². The highest BCUT2D eigenvalue weighted by atomic mass is 35.5. The van der Waals surface area contributed by atoms with E-state index >= 15 is 0 Å². The summed E-state index contributed by atoms with van der Waals surface area (Å²) in [5.74, 6) is -1.66. The molecule has 0 amide bonds. The zero-order valence-corrected chi connectivity index (χ0v) is 21.6. The van der Waals surface area contributed by atoms with E-state index in [0.29, 0.717) is 17.1 Å². The maximum absolute atomic E-state index is 13.1. The Labute approximate surface area is 208 Å². The number of allylic oxidation sites excluding steroid dienone is 1. The van der Waals surface area contributed by atoms with Gasteiger partial charge in [0, 0.05) is 18.5 Å². The van der Waals surface area contributed by atoms with E-state index < -0.39 is 35.6 Å². The molecule has 1 aromatic rings. The van der Waals surface area contributed by atoms with Gasteiger partial charge in [-0.25, -0.2) is 0 Å². The molecule has 0 fully saturated rings. The number of pyridine rings is 1. The number of carbonyl (C=O) groups is 2. The molecule has 34 heavy (non-hydrogen) atoms. The standard InChI is InChI=1S/C27H38ClNO5/c1-17-9-8-10-18(2)25(32)19(3)26(33)27(4,5)23(30)16-24(31)34-22(13-12-17)21(28)15-20-11-6-7-14-29-20/h6-7,11-12,14-15,18-19,22-23,25,30,32H,8-10,13,16H2,1-5H3/b17-12-,21-15?/t18-,19+,22-,23-,25-/m0/s1. The lowest BCUT2D eigenvalue weighted by atomic mass is 9.73. The quantitative estimate of drug-likeness (QED) is 0.442. The van der Waals surface area contributed by atoms with Gasteiger partial charge in [-0.3, -0.25) is 14.6 Å². The molecule has 2 N–H and O–H groups in total. The number of hydrogen-bond donors (Lipinski definition) is 2. The molecule has 0 spiro atoms. The number of rotatable bonds is 2. The number of halogens is 1. The number of cyclic esters (lactones) is 1. The van der Waals surface area contributed by atoms with E-state index in [9.17, 15) is 19.8 Å². The minimum Gasteiger partial charge on any atom is -0.456 e. The van der Waals surface area contributed by atoms with Gasteiger partial charge in [0.2, 0.25) is 0 Å². The number of nitrogens with zero attached hydrogens (tertiary/aromatic N) is 1. The van der Waals surface area contributed by atoms with Crippen LogP contribution in [-0.4, -0.2) is 45.3 Å². The molecule has 0 aliphatic carbocycles. The molecule has 0 aromatic carbocycles. The smallest absolute Gasteiger partial charge is 0.309 e. The van der Waals surface area contributed by atoms with Crippen molar-refractivity contribution in [2.75, 3.05) is 0 Å². The summed E-state index contributed by atoms with van der Waals surface area (Å²) in [5.41, 5.74) is 0.544. The first kappa shape index (κ1) is 28.2. The van der Waals surface area contributed by atoms with E-state index in [0.717, 1.165) is 24.8 Å². The summed E-state index contributed by atoms with van der Waals surface area (Å²) in [7, 11) is 0. The van der Waals surface area contributed by atoms with Crippen molar-refractivity contribution >= 4 is 29.4 Å². The van der Waals surface area contributed by atoms with Gasteiger partial charge in [0.25, 0.3) is 0 Å². The van der Waals surface area contributed by atoms with Crippen LogP contribution in [0, 0.1) is 17.3 Å². The molecule has 1 aliphatic heterocycles. The van der Waals surface area contributed by atoms with Crippen LogP contribution in [-0.2, 0) is 14.3 Å². The second kappa shape index (κ2) is 12.6. The highest BCUT2D eigenvalue weighted by molar-refractivity contribution is 6.32. The molecule has 188 valence electrons. The first-order valence-electron chi connectivity index (χ1n) is 12.0. The molecule has 2 rings (SSSR count). The Morgan fingerprint density at radius 2 is 1.94 bits per heavy atom. The van der Waals surface area contributed by atoms with Crippen LogP contribution >= 0.6 is 11.6 Å². The Balaban J connectivity index is 2.33. The summed E-state index contributed by atoms with van der Waals surface area (Å²) in [5, 5.41) is 21.9. The molecule has 5 atom stereocenters. The third-order valence-corrected chi connectivity index (χ3v) is 7.16. The number of ketones is 1. The lowest BCUT2D eigenvalue weighted by molar-refractivity contribution is -0.153. The van der Waals surface area contributed by atoms with E-state index in [2.05, 4.69) is 4.98 Å². The van der Waals surface area contributed by atoms with E-state index in [1.54, 1.807) is 45.2 Å². The number of aliphatic hydroxyl groups excluding tert-OH is 2. The van der Waals surface area contributed by atoms with Gasteiger partial charge in [0.05, 0.1) is 34.8 Å². The normalized spacial score (nSPS) is 31.9. The molecule has 6 nitrogen and oxygen atoms in total. The average molecular weight is 492 g/mol. The minimum absolute atomic E-state index is 0.0685. The molecule has 0 radical (unpaired) electrons. The fourth-order valence-electron chi connectivity index (χ4n) is 4.22. The van der Waals surface area contributed by atoms with Crippen LogP contribution in [0.4, 0.5) is 0 Å². The molecule has 0 unspecified atom stereocenters. The second-order valence-corrected chi connectivity index (χ2v) is 10.4. The van der Waals surface area contributed by atoms with Crippen molar-refractivity contribution in [3.63, 3.8) is 0 Å². The first-order valence-corrected chi connectivity index (χ1v) is 12.3. The van der Waals surface area contributed by atoms with Crippen LogP contribution in [0.2, 0.25) is 0 Å². The van der Waals surface area contributed by atoms with Gasteiger partial charge in [0.1, 0.15) is 11.9 Å². The van der Waals surface area contributed by atoms with E-state index in [-0.39, 0.29) is 18.1 Å². The van der Waals surface area contributed by atoms with Gasteiger partial charge in [0.15, 0.2) is 0 Å². The fourth-order valence-corrected chi connectivity index (χ4v) is 4.46. The third-order valence-electron chi connectivity index (χ3n) is 6.80. The zero-order chi connectivity index (χ0) is 25.5. The summed E-state index contributed by atoms with van der Waals surface area (Å²) in [6.07, 6.45) is 4.99. The Morgan fingerprint density at radius 3 is 2.59 bits per heavy atom. The summed E-state index contributed by atoms with van der Waals surface area (Å²) < 4.78 is 5.67. The van der Waals surface area contributed by atoms with Crippen molar-refractivity contribution < 1.29 is 24.5 Å². The Hall–Kier alpha value is -2.02. The van der Waals surface area contributed by atoms with Crippen molar-refractivity contribution in [3.05, 3.63) is 46.8 Å². The van der Waals surface area contributed by atoms with Crippen molar-refractivity contribution in [1.29, 1.82) is 0 Å². The number of aliphatic hydroxyl groups is 2. The van der Waals surface area contributed by atoms with Crippen molar-refractivity contribution in [3.8, 4) is 0 Å². The number of carbonyl (C=O) groups excluding carboxylic acids is 2. The van der Waals surface area contributed by atoms with E-state index in [1.165, 1.54) is 0 Å². The Morgan fingerprint density at radius 1 is 1.24 bits per heavy atom. The van der Waals surface area contributed by atoms with Gasteiger partial charge in [-0.05, 0) is 50.3 Å². The zero-order valence-electron chi connectivity index (χ0n) is 20.8. The van der Waals surface area contributed by atoms with Crippen LogP contribution in [0.5, 0.6) is 0 Å². The van der Waals surface area contributed by atoms with Crippen molar-refractivity contribution in [2.45, 2.75) is 85.0 Å². The summed E-state index contributed by atoms with van der Waals surface area (Å²) >= 11 is 6.55. The molecule has 1 aliphatic rings. The molecular formula is C27H38ClNO5. The highest BCUT2D eigenvalue weighted by Gasteiger charge is 2.42. The molecule has 7 heteroatoms. The largest absolute Gasteiger partial charge is 0.456 e. The summed E-state index contributed by atoms with van der Waals surface area (Å²) in [4.78, 5) is 30.1. The topological polar surface area (TPSA) is 96.7 Å². The molecule has 0 saturated heterocycles. The molecular weight excluding hydrogens is 454 g/mol. The molecule has 1 aromatic heterocycles. The Kier molecular flexibility index (Phi) is 10.5. The maximum atomic E-state index is 13.1. The second-order valence-electron chi connectivity index (χ2n) is 10.0. The van der Waals surface area contributed by atoms with Gasteiger partial charge in [-0.2, -0.15) is 0 Å². The first-order chi connectivity index (χ1) is 15.9. The Bertz CT molecular complexity index is 896. The molecule has 0 saturated carbocycles. The van der Waals surface area contributed by atoms with Gasteiger partial charge < -0.3 is 14.9 Å².